The highest BCUT2D eigenvalue weighted by atomic mass is 35.5. The molecule has 1 saturated heterocycles. The minimum Gasteiger partial charge on any atom is -0.351 e. The molecule has 1 aliphatic carbocycles. The summed E-state index contributed by atoms with van der Waals surface area (Å²) in [4.78, 5) is 22.1. The summed E-state index contributed by atoms with van der Waals surface area (Å²) in [6.07, 6.45) is 2.28. The number of aryl methyl sites for hydroxylation is 1. The van der Waals surface area contributed by atoms with Gasteiger partial charge in [-0.15, -0.1) is 0 Å². The number of aromatic amines is 1. The summed E-state index contributed by atoms with van der Waals surface area (Å²) in [5.74, 6) is 1.65. The molecule has 4 rings (SSSR count). The molecule has 1 atom stereocenters. The Kier molecular flexibility index (Phi) is 7.26. The second-order valence-corrected chi connectivity index (χ2v) is 9.23. The molecule has 8 heteroatoms. The number of fused-ring (bicyclic) bond motifs is 1. The largest absolute Gasteiger partial charge is 0.351 e. The summed E-state index contributed by atoms with van der Waals surface area (Å²) < 4.78 is 0. The normalized spacial score (nSPS) is 18.3. The van der Waals surface area contributed by atoms with Gasteiger partial charge >= 0.3 is 6.03 Å². The van der Waals surface area contributed by atoms with E-state index in [-0.39, 0.29) is 6.03 Å². The molecule has 1 fully saturated rings. The fourth-order valence-electron chi connectivity index (χ4n) is 4.85. The Morgan fingerprint density at radius 2 is 1.81 bits per heavy atom. The molecule has 0 bridgehead atoms. The molecule has 0 radical (unpaired) electrons. The average Bonchev–Trinajstić information content (AvgIpc) is 3.40. The van der Waals surface area contributed by atoms with E-state index in [1.54, 1.807) is 0 Å². The molecule has 1 aromatic heterocycles. The van der Waals surface area contributed by atoms with Crippen molar-refractivity contribution in [2.24, 2.45) is 0 Å². The Bertz CT molecular complexity index is 902. The number of likely N-dealkylation sites (N-methyl/N-ethyl adjacent to an activating group) is 1. The van der Waals surface area contributed by atoms with E-state index < -0.39 is 0 Å². The molecule has 2 amide bonds. The zero-order chi connectivity index (χ0) is 22.7. The first-order valence-electron chi connectivity index (χ1n) is 11.9. The third kappa shape index (κ3) is 4.74. The van der Waals surface area contributed by atoms with Gasteiger partial charge in [-0.25, -0.2) is 4.79 Å². The van der Waals surface area contributed by atoms with Crippen LogP contribution in [0.25, 0.3) is 0 Å². The van der Waals surface area contributed by atoms with Crippen LogP contribution >= 0.6 is 11.6 Å². The Morgan fingerprint density at radius 3 is 2.47 bits per heavy atom. The van der Waals surface area contributed by atoms with Crippen molar-refractivity contribution < 1.29 is 4.79 Å². The van der Waals surface area contributed by atoms with Crippen LogP contribution in [0.2, 0.25) is 5.02 Å². The molecule has 1 N–H and O–H groups in total. The zero-order valence-electron chi connectivity index (χ0n) is 19.5. The van der Waals surface area contributed by atoms with Gasteiger partial charge in [0.25, 0.3) is 0 Å². The van der Waals surface area contributed by atoms with Crippen LogP contribution in [0.3, 0.4) is 0 Å². The molecule has 7 nitrogen and oxygen atoms in total. The summed E-state index contributed by atoms with van der Waals surface area (Å²) >= 11 is 6.10. The number of carbonyl (C=O) groups excluding carboxylic acids is 1. The standard InChI is InChI=1S/C24H35ClN6O/c1-4-28(5-2)12-17-31(20-9-7-19(25)8-10-20)24(32)30-15-13-29(14-16-30)23-22-18(3)6-11-21(22)26-27-23/h7-10,18H,4-6,11-17H2,1-3H3,(H,26,27)/t18-/m1/s1. The molecule has 2 aromatic rings. The van der Waals surface area contributed by atoms with Crippen molar-refractivity contribution >= 4 is 29.1 Å². The maximum absolute atomic E-state index is 13.6. The Hall–Kier alpha value is -2.25. The second-order valence-electron chi connectivity index (χ2n) is 8.79. The number of urea groups is 1. The van der Waals surface area contributed by atoms with Gasteiger partial charge in [-0.05, 0) is 56.1 Å². The van der Waals surface area contributed by atoms with Gasteiger partial charge < -0.3 is 14.7 Å². The molecular formula is C24H35ClN6O. The molecule has 32 heavy (non-hydrogen) atoms. The molecule has 0 unspecified atom stereocenters. The Morgan fingerprint density at radius 1 is 1.12 bits per heavy atom. The number of aromatic nitrogens is 2. The Labute approximate surface area is 196 Å². The molecule has 1 aliphatic heterocycles. The third-order valence-electron chi connectivity index (χ3n) is 6.94. The van der Waals surface area contributed by atoms with Crippen LogP contribution in [0.4, 0.5) is 16.3 Å². The van der Waals surface area contributed by atoms with Gasteiger partial charge in [-0.2, -0.15) is 5.10 Å². The smallest absolute Gasteiger partial charge is 0.324 e. The molecule has 2 heterocycles. The molecule has 0 saturated carbocycles. The van der Waals surface area contributed by atoms with Crippen molar-refractivity contribution in [3.8, 4) is 0 Å². The number of H-pyrrole nitrogens is 1. The number of benzene rings is 1. The van der Waals surface area contributed by atoms with Gasteiger partial charge in [-0.3, -0.25) is 10.00 Å². The van der Waals surface area contributed by atoms with Crippen molar-refractivity contribution in [3.63, 3.8) is 0 Å². The molecular weight excluding hydrogens is 424 g/mol. The van der Waals surface area contributed by atoms with Gasteiger partial charge in [-0.1, -0.05) is 32.4 Å². The maximum atomic E-state index is 13.6. The van der Waals surface area contributed by atoms with Crippen molar-refractivity contribution in [1.82, 2.24) is 20.0 Å². The highest BCUT2D eigenvalue weighted by molar-refractivity contribution is 6.30. The average molecular weight is 459 g/mol. The van der Waals surface area contributed by atoms with E-state index in [2.05, 4.69) is 40.8 Å². The fraction of sp³-hybridized carbons (Fsp3) is 0.583. The lowest BCUT2D eigenvalue weighted by molar-refractivity contribution is 0.199. The van der Waals surface area contributed by atoms with Crippen molar-refractivity contribution in [2.45, 2.75) is 39.5 Å². The SMILES string of the molecule is CCN(CC)CCN(C(=O)N1CCN(c2n[nH]c3c2[C@H](C)CC3)CC1)c1ccc(Cl)cc1. The monoisotopic (exact) mass is 458 g/mol. The number of anilines is 2. The van der Waals surface area contributed by atoms with E-state index in [0.29, 0.717) is 30.6 Å². The lowest BCUT2D eigenvalue weighted by atomic mass is 10.1. The van der Waals surface area contributed by atoms with Crippen LogP contribution in [-0.4, -0.2) is 78.4 Å². The van der Waals surface area contributed by atoms with Gasteiger partial charge in [0.15, 0.2) is 5.82 Å². The topological polar surface area (TPSA) is 58.7 Å². The van der Waals surface area contributed by atoms with Crippen molar-refractivity contribution in [1.29, 1.82) is 0 Å². The summed E-state index contributed by atoms with van der Waals surface area (Å²) in [6.45, 7) is 13.1. The summed E-state index contributed by atoms with van der Waals surface area (Å²) in [7, 11) is 0. The predicted octanol–water partition coefficient (Wildman–Crippen LogP) is 4.20. The maximum Gasteiger partial charge on any atom is 0.324 e. The fourth-order valence-corrected chi connectivity index (χ4v) is 4.97. The molecule has 1 aromatic carbocycles. The molecule has 2 aliphatic rings. The lowest BCUT2D eigenvalue weighted by Gasteiger charge is -2.38. The number of nitrogens with one attached hydrogen (secondary N) is 1. The van der Waals surface area contributed by atoms with Crippen LogP contribution < -0.4 is 9.80 Å². The van der Waals surface area contributed by atoms with Crippen LogP contribution in [0, 0.1) is 0 Å². The molecule has 0 spiro atoms. The van der Waals surface area contributed by atoms with Gasteiger partial charge in [0, 0.05) is 61.2 Å². The van der Waals surface area contributed by atoms with Crippen molar-refractivity contribution in [2.75, 3.05) is 62.2 Å². The second kappa shape index (κ2) is 10.1. The third-order valence-corrected chi connectivity index (χ3v) is 7.19. The number of piperazine rings is 1. The number of carbonyl (C=O) groups is 1. The van der Waals surface area contributed by atoms with E-state index in [0.717, 1.165) is 50.6 Å². The van der Waals surface area contributed by atoms with Gasteiger partial charge in [0.05, 0.1) is 0 Å². The number of rotatable bonds is 7. The van der Waals surface area contributed by atoms with E-state index in [4.69, 9.17) is 11.6 Å². The van der Waals surface area contributed by atoms with Crippen LogP contribution in [0.5, 0.6) is 0 Å². The van der Waals surface area contributed by atoms with E-state index in [1.165, 1.54) is 17.7 Å². The highest BCUT2D eigenvalue weighted by Gasteiger charge is 2.31. The first-order valence-corrected chi connectivity index (χ1v) is 12.3. The molecule has 174 valence electrons. The zero-order valence-corrected chi connectivity index (χ0v) is 20.2. The van der Waals surface area contributed by atoms with Crippen molar-refractivity contribution in [3.05, 3.63) is 40.5 Å². The van der Waals surface area contributed by atoms with E-state index in [1.807, 2.05) is 34.1 Å². The number of hydrogen-bond donors (Lipinski definition) is 1. The highest BCUT2D eigenvalue weighted by Crippen LogP contribution is 2.38. The quantitative estimate of drug-likeness (QED) is 0.675. The minimum absolute atomic E-state index is 0.0692. The first kappa shape index (κ1) is 22.9. The predicted molar refractivity (Wildman–Crippen MR) is 131 cm³/mol. The number of hydrogen-bond acceptors (Lipinski definition) is 4. The first-order chi connectivity index (χ1) is 15.5. The van der Waals surface area contributed by atoms with Crippen LogP contribution in [0.15, 0.2) is 24.3 Å². The summed E-state index contributed by atoms with van der Waals surface area (Å²) in [5, 5.41) is 8.52. The lowest BCUT2D eigenvalue weighted by Crippen LogP contribution is -2.54. The number of halogens is 1. The number of nitrogens with zero attached hydrogens (tertiary/aromatic N) is 5. The summed E-state index contributed by atoms with van der Waals surface area (Å²) in [5.41, 5.74) is 3.57. The number of amides is 2. The van der Waals surface area contributed by atoms with E-state index >= 15 is 0 Å². The Balaban J connectivity index is 1.44. The summed E-state index contributed by atoms with van der Waals surface area (Å²) in [6, 6.07) is 7.65. The van der Waals surface area contributed by atoms with Crippen LogP contribution in [-0.2, 0) is 6.42 Å². The minimum atomic E-state index is 0.0692. The van der Waals surface area contributed by atoms with Crippen LogP contribution in [0.1, 0.15) is 44.4 Å². The van der Waals surface area contributed by atoms with Gasteiger partial charge in [0.1, 0.15) is 0 Å². The van der Waals surface area contributed by atoms with E-state index in [9.17, 15) is 4.79 Å². The van der Waals surface area contributed by atoms with Gasteiger partial charge in [0.2, 0.25) is 0 Å².